The van der Waals surface area contributed by atoms with E-state index < -0.39 is 12.1 Å². The monoisotopic (exact) mass is 225 g/mol. The van der Waals surface area contributed by atoms with Crippen LogP contribution >= 0.6 is 0 Å². The SMILES string of the molecule is CC(c1ccc2ccccc2n1)C(F)(F)F. The van der Waals surface area contributed by atoms with Gasteiger partial charge in [0.2, 0.25) is 0 Å². The van der Waals surface area contributed by atoms with Crippen LogP contribution in [0, 0.1) is 0 Å². The number of para-hydroxylation sites is 1. The summed E-state index contributed by atoms with van der Waals surface area (Å²) >= 11 is 0. The first-order chi connectivity index (χ1) is 7.48. The molecule has 2 aromatic rings. The molecule has 84 valence electrons. The van der Waals surface area contributed by atoms with E-state index in [0.717, 1.165) is 12.3 Å². The summed E-state index contributed by atoms with van der Waals surface area (Å²) in [4.78, 5) is 4.02. The average molecular weight is 225 g/mol. The second kappa shape index (κ2) is 3.77. The summed E-state index contributed by atoms with van der Waals surface area (Å²) in [6.07, 6.45) is -4.24. The van der Waals surface area contributed by atoms with E-state index in [0.29, 0.717) is 5.52 Å². The molecule has 0 bridgehead atoms. The van der Waals surface area contributed by atoms with Crippen LogP contribution in [-0.2, 0) is 0 Å². The number of aromatic nitrogens is 1. The van der Waals surface area contributed by atoms with Gasteiger partial charge in [0.25, 0.3) is 0 Å². The summed E-state index contributed by atoms with van der Waals surface area (Å²) in [6.45, 7) is 1.12. The van der Waals surface area contributed by atoms with Crippen LogP contribution in [0.5, 0.6) is 0 Å². The molecule has 1 aromatic carbocycles. The fourth-order valence-electron chi connectivity index (χ4n) is 1.49. The number of alkyl halides is 3. The van der Waals surface area contributed by atoms with Crippen molar-refractivity contribution in [3.05, 3.63) is 42.1 Å². The third-order valence-electron chi connectivity index (χ3n) is 2.55. The van der Waals surface area contributed by atoms with E-state index in [9.17, 15) is 13.2 Å². The van der Waals surface area contributed by atoms with Crippen molar-refractivity contribution in [3.8, 4) is 0 Å². The Hall–Kier alpha value is -1.58. The molecule has 0 N–H and O–H groups in total. The lowest BCUT2D eigenvalue weighted by Gasteiger charge is -2.15. The van der Waals surface area contributed by atoms with E-state index in [4.69, 9.17) is 0 Å². The third-order valence-corrected chi connectivity index (χ3v) is 2.55. The number of benzene rings is 1. The fraction of sp³-hybridized carbons (Fsp3) is 0.250. The Bertz CT molecular complexity index is 505. The maximum absolute atomic E-state index is 12.5. The normalized spacial score (nSPS) is 14.0. The Morgan fingerprint density at radius 1 is 1.06 bits per heavy atom. The van der Waals surface area contributed by atoms with Gasteiger partial charge in [-0.25, -0.2) is 0 Å². The Kier molecular flexibility index (Phi) is 2.58. The first-order valence-electron chi connectivity index (χ1n) is 4.91. The molecule has 0 saturated carbocycles. The lowest BCUT2D eigenvalue weighted by atomic mass is 10.1. The molecule has 1 aromatic heterocycles. The molecule has 0 radical (unpaired) electrons. The summed E-state index contributed by atoms with van der Waals surface area (Å²) in [5.74, 6) is -1.53. The number of hydrogen-bond acceptors (Lipinski definition) is 1. The minimum atomic E-state index is -4.24. The zero-order valence-corrected chi connectivity index (χ0v) is 8.62. The molecule has 1 atom stereocenters. The highest BCUT2D eigenvalue weighted by molar-refractivity contribution is 5.78. The van der Waals surface area contributed by atoms with Gasteiger partial charge in [-0.05, 0) is 19.1 Å². The molecule has 1 heterocycles. The summed E-state index contributed by atoms with van der Waals surface area (Å²) < 4.78 is 37.5. The Balaban J connectivity index is 2.47. The van der Waals surface area contributed by atoms with Gasteiger partial charge in [-0.2, -0.15) is 13.2 Å². The minimum absolute atomic E-state index is 0.0613. The highest BCUT2D eigenvalue weighted by Crippen LogP contribution is 2.33. The molecular formula is C12H10F3N. The highest BCUT2D eigenvalue weighted by Gasteiger charge is 2.37. The van der Waals surface area contributed by atoms with Crippen molar-refractivity contribution in [2.45, 2.75) is 19.0 Å². The first-order valence-corrected chi connectivity index (χ1v) is 4.91. The second-order valence-corrected chi connectivity index (χ2v) is 3.69. The molecule has 16 heavy (non-hydrogen) atoms. The van der Waals surface area contributed by atoms with Crippen molar-refractivity contribution in [2.24, 2.45) is 0 Å². The quantitative estimate of drug-likeness (QED) is 0.717. The number of fused-ring (bicyclic) bond motifs is 1. The van der Waals surface area contributed by atoms with Crippen LogP contribution in [0.15, 0.2) is 36.4 Å². The van der Waals surface area contributed by atoms with Gasteiger partial charge in [0.1, 0.15) is 0 Å². The fourth-order valence-corrected chi connectivity index (χ4v) is 1.49. The van der Waals surface area contributed by atoms with Crippen LogP contribution in [0.25, 0.3) is 10.9 Å². The summed E-state index contributed by atoms with van der Waals surface area (Å²) in [7, 11) is 0. The molecule has 0 amide bonds. The molecule has 0 saturated heterocycles. The van der Waals surface area contributed by atoms with E-state index in [-0.39, 0.29) is 5.69 Å². The zero-order chi connectivity index (χ0) is 11.8. The van der Waals surface area contributed by atoms with Gasteiger partial charge < -0.3 is 0 Å². The van der Waals surface area contributed by atoms with Crippen LogP contribution in [-0.4, -0.2) is 11.2 Å². The average Bonchev–Trinajstić information content (AvgIpc) is 2.26. The van der Waals surface area contributed by atoms with Gasteiger partial charge in [0, 0.05) is 5.39 Å². The molecule has 0 aliphatic rings. The molecule has 0 spiro atoms. The van der Waals surface area contributed by atoms with Crippen LogP contribution in [0.3, 0.4) is 0 Å². The van der Waals surface area contributed by atoms with Crippen molar-refractivity contribution in [1.29, 1.82) is 0 Å². The van der Waals surface area contributed by atoms with Gasteiger partial charge in [-0.3, -0.25) is 4.98 Å². The van der Waals surface area contributed by atoms with Crippen LogP contribution in [0.2, 0.25) is 0 Å². The van der Waals surface area contributed by atoms with E-state index in [1.807, 2.05) is 12.1 Å². The van der Waals surface area contributed by atoms with E-state index in [1.165, 1.54) is 6.07 Å². The lowest BCUT2D eigenvalue weighted by Crippen LogP contribution is -2.18. The van der Waals surface area contributed by atoms with Gasteiger partial charge in [0.05, 0.1) is 17.1 Å². The van der Waals surface area contributed by atoms with Crippen LogP contribution in [0.1, 0.15) is 18.5 Å². The van der Waals surface area contributed by atoms with Crippen molar-refractivity contribution in [2.75, 3.05) is 0 Å². The highest BCUT2D eigenvalue weighted by atomic mass is 19.4. The number of nitrogens with zero attached hydrogens (tertiary/aromatic N) is 1. The van der Waals surface area contributed by atoms with Gasteiger partial charge >= 0.3 is 6.18 Å². The van der Waals surface area contributed by atoms with Crippen LogP contribution in [0.4, 0.5) is 13.2 Å². The first kappa shape index (κ1) is 10.9. The van der Waals surface area contributed by atoms with Crippen molar-refractivity contribution >= 4 is 10.9 Å². The predicted octanol–water partition coefficient (Wildman–Crippen LogP) is 3.90. The summed E-state index contributed by atoms with van der Waals surface area (Å²) in [5.41, 5.74) is 0.655. The zero-order valence-electron chi connectivity index (χ0n) is 8.62. The number of halogens is 3. The van der Waals surface area contributed by atoms with Gasteiger partial charge in [0.15, 0.2) is 0 Å². The molecule has 2 rings (SSSR count). The smallest absolute Gasteiger partial charge is 0.252 e. The number of hydrogen-bond donors (Lipinski definition) is 0. The Morgan fingerprint density at radius 2 is 1.75 bits per heavy atom. The third kappa shape index (κ3) is 2.01. The van der Waals surface area contributed by atoms with Crippen molar-refractivity contribution in [1.82, 2.24) is 4.98 Å². The lowest BCUT2D eigenvalue weighted by molar-refractivity contribution is -0.147. The molecular weight excluding hydrogens is 215 g/mol. The topological polar surface area (TPSA) is 12.9 Å². The predicted molar refractivity (Wildman–Crippen MR) is 56.2 cm³/mol. The Labute approximate surface area is 90.9 Å². The van der Waals surface area contributed by atoms with Crippen molar-refractivity contribution < 1.29 is 13.2 Å². The number of rotatable bonds is 1. The van der Waals surface area contributed by atoms with Gasteiger partial charge in [-0.15, -0.1) is 0 Å². The molecule has 4 heteroatoms. The van der Waals surface area contributed by atoms with Gasteiger partial charge in [-0.1, -0.05) is 24.3 Å². The Morgan fingerprint density at radius 3 is 2.44 bits per heavy atom. The molecule has 1 nitrogen and oxygen atoms in total. The molecule has 1 unspecified atom stereocenters. The summed E-state index contributed by atoms with van der Waals surface area (Å²) in [5, 5.41) is 0.848. The van der Waals surface area contributed by atoms with E-state index in [1.54, 1.807) is 18.2 Å². The standard InChI is InChI=1S/C12H10F3N/c1-8(12(13,14)15)10-7-6-9-4-2-3-5-11(9)16-10/h2-8H,1H3. The summed E-state index contributed by atoms with van der Waals surface area (Å²) in [6, 6.07) is 10.2. The van der Waals surface area contributed by atoms with Crippen LogP contribution < -0.4 is 0 Å². The minimum Gasteiger partial charge on any atom is -0.252 e. The molecule has 0 aliphatic heterocycles. The van der Waals surface area contributed by atoms with E-state index in [2.05, 4.69) is 4.98 Å². The van der Waals surface area contributed by atoms with Crippen molar-refractivity contribution in [3.63, 3.8) is 0 Å². The molecule has 0 aliphatic carbocycles. The maximum atomic E-state index is 12.5. The molecule has 0 fully saturated rings. The largest absolute Gasteiger partial charge is 0.396 e. The number of pyridine rings is 1. The van der Waals surface area contributed by atoms with E-state index >= 15 is 0 Å². The maximum Gasteiger partial charge on any atom is 0.396 e. The second-order valence-electron chi connectivity index (χ2n) is 3.69.